The summed E-state index contributed by atoms with van der Waals surface area (Å²) in [5, 5.41) is 9.38. The van der Waals surface area contributed by atoms with Crippen LogP contribution in [0.1, 0.15) is 38.9 Å². The molecule has 90 valence electrons. The summed E-state index contributed by atoms with van der Waals surface area (Å²) in [4.78, 5) is 6.49. The SMILES string of the molecule is CC(C)CCN(C)c1ccc([C@H](C)O)cn1. The van der Waals surface area contributed by atoms with Crippen LogP contribution in [-0.4, -0.2) is 23.7 Å². The minimum absolute atomic E-state index is 0.442. The Labute approximate surface area is 98.1 Å². The summed E-state index contributed by atoms with van der Waals surface area (Å²) in [6.07, 6.45) is 2.46. The summed E-state index contributed by atoms with van der Waals surface area (Å²) < 4.78 is 0. The van der Waals surface area contributed by atoms with Crippen LogP contribution in [-0.2, 0) is 0 Å². The molecule has 0 aliphatic heterocycles. The van der Waals surface area contributed by atoms with Gasteiger partial charge in [0, 0.05) is 19.8 Å². The minimum atomic E-state index is -0.442. The lowest BCUT2D eigenvalue weighted by Gasteiger charge is -2.19. The largest absolute Gasteiger partial charge is 0.389 e. The van der Waals surface area contributed by atoms with E-state index in [1.807, 2.05) is 19.2 Å². The Bertz CT molecular complexity index is 306. The lowest BCUT2D eigenvalue weighted by atomic mass is 10.1. The topological polar surface area (TPSA) is 36.4 Å². The maximum atomic E-state index is 9.38. The van der Waals surface area contributed by atoms with E-state index in [0.717, 1.165) is 24.3 Å². The van der Waals surface area contributed by atoms with Crippen molar-refractivity contribution >= 4 is 5.82 Å². The molecule has 0 aliphatic rings. The molecule has 1 N–H and O–H groups in total. The van der Waals surface area contributed by atoms with Gasteiger partial charge in [0.1, 0.15) is 5.82 Å². The molecular weight excluding hydrogens is 200 g/mol. The van der Waals surface area contributed by atoms with E-state index in [1.54, 1.807) is 13.1 Å². The normalized spacial score (nSPS) is 12.9. The molecule has 0 bridgehead atoms. The third kappa shape index (κ3) is 3.81. The maximum absolute atomic E-state index is 9.38. The molecule has 3 nitrogen and oxygen atoms in total. The molecule has 0 aliphatic carbocycles. The minimum Gasteiger partial charge on any atom is -0.389 e. The summed E-state index contributed by atoms with van der Waals surface area (Å²) in [5.74, 6) is 1.67. The van der Waals surface area contributed by atoms with Gasteiger partial charge in [0.2, 0.25) is 0 Å². The van der Waals surface area contributed by atoms with Crippen LogP contribution in [0.25, 0.3) is 0 Å². The Morgan fingerprint density at radius 1 is 1.31 bits per heavy atom. The second-order valence-electron chi connectivity index (χ2n) is 4.73. The van der Waals surface area contributed by atoms with E-state index in [2.05, 4.69) is 23.7 Å². The number of anilines is 1. The van der Waals surface area contributed by atoms with Crippen molar-refractivity contribution in [2.45, 2.75) is 33.3 Å². The van der Waals surface area contributed by atoms with E-state index >= 15 is 0 Å². The summed E-state index contributed by atoms with van der Waals surface area (Å²) in [5.41, 5.74) is 0.862. The van der Waals surface area contributed by atoms with E-state index < -0.39 is 6.10 Å². The molecule has 1 heterocycles. The van der Waals surface area contributed by atoms with Crippen LogP contribution in [0.3, 0.4) is 0 Å². The quantitative estimate of drug-likeness (QED) is 0.832. The van der Waals surface area contributed by atoms with Crippen molar-refractivity contribution in [2.75, 3.05) is 18.5 Å². The molecule has 1 atom stereocenters. The predicted molar refractivity (Wildman–Crippen MR) is 67.6 cm³/mol. The van der Waals surface area contributed by atoms with Crippen molar-refractivity contribution in [2.24, 2.45) is 5.92 Å². The van der Waals surface area contributed by atoms with Gasteiger partial charge < -0.3 is 10.0 Å². The lowest BCUT2D eigenvalue weighted by molar-refractivity contribution is 0.199. The number of pyridine rings is 1. The van der Waals surface area contributed by atoms with Crippen LogP contribution in [0.5, 0.6) is 0 Å². The monoisotopic (exact) mass is 222 g/mol. The van der Waals surface area contributed by atoms with Crippen LogP contribution in [0, 0.1) is 5.92 Å². The number of aliphatic hydroxyl groups is 1. The molecule has 0 radical (unpaired) electrons. The number of hydrogen-bond acceptors (Lipinski definition) is 3. The standard InChI is InChI=1S/C13H22N2O/c1-10(2)7-8-15(4)13-6-5-12(9-14-13)11(3)16/h5-6,9-11,16H,7-8H2,1-4H3/t11-/m0/s1. The Morgan fingerprint density at radius 2 is 2.00 bits per heavy atom. The number of aliphatic hydroxyl groups excluding tert-OH is 1. The number of nitrogens with zero attached hydrogens (tertiary/aromatic N) is 2. The van der Waals surface area contributed by atoms with Gasteiger partial charge in [0.05, 0.1) is 6.10 Å². The molecule has 0 aromatic carbocycles. The average molecular weight is 222 g/mol. The highest BCUT2D eigenvalue weighted by Gasteiger charge is 2.05. The van der Waals surface area contributed by atoms with Crippen LogP contribution in [0.2, 0.25) is 0 Å². The molecule has 0 unspecified atom stereocenters. The number of rotatable bonds is 5. The summed E-state index contributed by atoms with van der Waals surface area (Å²) in [6.45, 7) is 7.20. The van der Waals surface area contributed by atoms with Gasteiger partial charge in [-0.05, 0) is 30.9 Å². The van der Waals surface area contributed by atoms with Crippen molar-refractivity contribution in [3.63, 3.8) is 0 Å². The van der Waals surface area contributed by atoms with Crippen LogP contribution in [0.4, 0.5) is 5.82 Å². The number of hydrogen-bond donors (Lipinski definition) is 1. The third-order valence-electron chi connectivity index (χ3n) is 2.69. The highest BCUT2D eigenvalue weighted by atomic mass is 16.3. The van der Waals surface area contributed by atoms with Gasteiger partial charge >= 0.3 is 0 Å². The highest BCUT2D eigenvalue weighted by Crippen LogP contribution is 2.15. The van der Waals surface area contributed by atoms with E-state index in [1.165, 1.54) is 0 Å². The molecular formula is C13H22N2O. The van der Waals surface area contributed by atoms with Gasteiger partial charge in [0.25, 0.3) is 0 Å². The zero-order valence-corrected chi connectivity index (χ0v) is 10.6. The molecule has 1 aromatic rings. The van der Waals surface area contributed by atoms with E-state index in [0.29, 0.717) is 5.92 Å². The summed E-state index contributed by atoms with van der Waals surface area (Å²) >= 11 is 0. The average Bonchev–Trinajstić information content (AvgIpc) is 2.26. The first-order valence-electron chi connectivity index (χ1n) is 5.86. The van der Waals surface area contributed by atoms with E-state index in [4.69, 9.17) is 0 Å². The van der Waals surface area contributed by atoms with Crippen LogP contribution in [0.15, 0.2) is 18.3 Å². The Hall–Kier alpha value is -1.09. The summed E-state index contributed by atoms with van der Waals surface area (Å²) in [7, 11) is 2.05. The fourth-order valence-corrected chi connectivity index (χ4v) is 1.44. The maximum Gasteiger partial charge on any atom is 0.128 e. The predicted octanol–water partition coefficient (Wildman–Crippen LogP) is 2.62. The fourth-order valence-electron chi connectivity index (χ4n) is 1.44. The highest BCUT2D eigenvalue weighted by molar-refractivity contribution is 5.38. The Balaban J connectivity index is 2.59. The first-order valence-corrected chi connectivity index (χ1v) is 5.86. The molecule has 0 spiro atoms. The smallest absolute Gasteiger partial charge is 0.128 e. The second-order valence-corrected chi connectivity index (χ2v) is 4.73. The van der Waals surface area contributed by atoms with Gasteiger partial charge in [-0.25, -0.2) is 4.98 Å². The molecule has 0 fully saturated rings. The van der Waals surface area contributed by atoms with Gasteiger partial charge in [0.15, 0.2) is 0 Å². The zero-order chi connectivity index (χ0) is 12.1. The fraction of sp³-hybridized carbons (Fsp3) is 0.615. The molecule has 16 heavy (non-hydrogen) atoms. The van der Waals surface area contributed by atoms with Gasteiger partial charge in [-0.1, -0.05) is 19.9 Å². The molecule has 3 heteroatoms. The lowest BCUT2D eigenvalue weighted by Crippen LogP contribution is -2.20. The Kier molecular flexibility index (Phi) is 4.74. The second kappa shape index (κ2) is 5.85. The van der Waals surface area contributed by atoms with E-state index in [-0.39, 0.29) is 0 Å². The van der Waals surface area contributed by atoms with Gasteiger partial charge in [-0.15, -0.1) is 0 Å². The van der Waals surface area contributed by atoms with Crippen LogP contribution >= 0.6 is 0 Å². The van der Waals surface area contributed by atoms with Crippen molar-refractivity contribution in [3.05, 3.63) is 23.9 Å². The third-order valence-corrected chi connectivity index (χ3v) is 2.69. The molecule has 1 rings (SSSR count). The van der Waals surface area contributed by atoms with Crippen molar-refractivity contribution in [3.8, 4) is 0 Å². The molecule has 0 saturated carbocycles. The molecule has 0 amide bonds. The molecule has 1 aromatic heterocycles. The van der Waals surface area contributed by atoms with E-state index in [9.17, 15) is 5.11 Å². The first kappa shape index (κ1) is 13.0. The van der Waals surface area contributed by atoms with Crippen LogP contribution < -0.4 is 4.90 Å². The van der Waals surface area contributed by atoms with Gasteiger partial charge in [-0.2, -0.15) is 0 Å². The Morgan fingerprint density at radius 3 is 2.44 bits per heavy atom. The van der Waals surface area contributed by atoms with Gasteiger partial charge in [-0.3, -0.25) is 0 Å². The van der Waals surface area contributed by atoms with Crippen molar-refractivity contribution in [1.82, 2.24) is 4.98 Å². The zero-order valence-electron chi connectivity index (χ0n) is 10.6. The van der Waals surface area contributed by atoms with Crippen molar-refractivity contribution in [1.29, 1.82) is 0 Å². The van der Waals surface area contributed by atoms with Crippen molar-refractivity contribution < 1.29 is 5.11 Å². The summed E-state index contributed by atoms with van der Waals surface area (Å²) in [6, 6.07) is 3.89. The molecule has 0 saturated heterocycles. The number of aromatic nitrogens is 1. The first-order chi connectivity index (χ1) is 7.50.